The first-order valence-electron chi connectivity index (χ1n) is 6.13. The molecule has 1 saturated heterocycles. The second-order valence-electron chi connectivity index (χ2n) is 4.49. The molecule has 1 heterocycles. The Kier molecular flexibility index (Phi) is 5.71. The fraction of sp³-hybridized carbons (Fsp3) is 0.727. The van der Waals surface area contributed by atoms with Gasteiger partial charge in [0.1, 0.15) is 12.6 Å². The van der Waals surface area contributed by atoms with Gasteiger partial charge in [0.15, 0.2) is 0 Å². The maximum absolute atomic E-state index is 11.8. The monoisotopic (exact) mass is 273 g/mol. The highest BCUT2D eigenvalue weighted by Crippen LogP contribution is 2.05. The van der Waals surface area contributed by atoms with Gasteiger partial charge in [-0.25, -0.2) is 0 Å². The Balaban J connectivity index is 2.53. The molecule has 3 atom stereocenters. The molecule has 5 N–H and O–H groups in total. The van der Waals surface area contributed by atoms with Crippen molar-refractivity contribution in [2.24, 2.45) is 0 Å². The van der Waals surface area contributed by atoms with Crippen molar-refractivity contribution in [3.8, 4) is 0 Å². The molecule has 0 aromatic rings. The van der Waals surface area contributed by atoms with E-state index in [0.717, 1.165) is 13.0 Å². The van der Waals surface area contributed by atoms with Crippen molar-refractivity contribution in [2.75, 3.05) is 13.1 Å². The van der Waals surface area contributed by atoms with E-state index in [1.165, 1.54) is 6.92 Å². The quantitative estimate of drug-likeness (QED) is 0.374. The van der Waals surface area contributed by atoms with Crippen LogP contribution < -0.4 is 16.0 Å². The molecule has 0 spiro atoms. The Morgan fingerprint density at radius 2 is 2.11 bits per heavy atom. The summed E-state index contributed by atoms with van der Waals surface area (Å²) in [6.45, 7) is 1.54. The molecule has 19 heavy (non-hydrogen) atoms. The summed E-state index contributed by atoms with van der Waals surface area (Å²) in [6.07, 6.45) is 0.441. The van der Waals surface area contributed by atoms with Crippen LogP contribution in [0.25, 0.3) is 0 Å². The molecule has 1 aliphatic rings. The highest BCUT2D eigenvalue weighted by Gasteiger charge is 2.30. The topological polar surface area (TPSA) is 128 Å². The zero-order chi connectivity index (χ0) is 14.4. The number of hydrogen-bond donors (Lipinski definition) is 5. The Bertz CT molecular complexity index is 352. The normalized spacial score (nSPS) is 21.5. The van der Waals surface area contributed by atoms with Gasteiger partial charge in [-0.05, 0) is 26.3 Å². The van der Waals surface area contributed by atoms with Gasteiger partial charge in [0.05, 0.1) is 12.1 Å². The van der Waals surface area contributed by atoms with Gasteiger partial charge < -0.3 is 26.2 Å². The number of rotatable bonds is 6. The van der Waals surface area contributed by atoms with Crippen LogP contribution in [0.3, 0.4) is 0 Å². The smallest absolute Gasteiger partial charge is 0.322 e. The lowest BCUT2D eigenvalue weighted by atomic mass is 10.1. The Morgan fingerprint density at radius 1 is 1.42 bits per heavy atom. The molecular formula is C11H19N3O5. The average Bonchev–Trinajstić information content (AvgIpc) is 2.86. The fourth-order valence-corrected chi connectivity index (χ4v) is 1.84. The summed E-state index contributed by atoms with van der Waals surface area (Å²) in [5.41, 5.74) is 0. The number of carbonyl (C=O) groups excluding carboxylic acids is 2. The number of carbonyl (C=O) groups is 3. The van der Waals surface area contributed by atoms with Gasteiger partial charge >= 0.3 is 5.97 Å². The van der Waals surface area contributed by atoms with Crippen molar-refractivity contribution in [2.45, 2.75) is 38.0 Å². The van der Waals surface area contributed by atoms with Crippen molar-refractivity contribution in [3.63, 3.8) is 0 Å². The van der Waals surface area contributed by atoms with Crippen LogP contribution in [-0.2, 0) is 14.4 Å². The molecule has 0 radical (unpaired) electrons. The molecule has 1 aliphatic heterocycles. The van der Waals surface area contributed by atoms with Crippen LogP contribution in [0.5, 0.6) is 0 Å². The van der Waals surface area contributed by atoms with Crippen LogP contribution in [0.15, 0.2) is 0 Å². The third-order valence-corrected chi connectivity index (χ3v) is 2.85. The van der Waals surface area contributed by atoms with E-state index >= 15 is 0 Å². The molecular weight excluding hydrogens is 254 g/mol. The van der Waals surface area contributed by atoms with Gasteiger partial charge in [-0.15, -0.1) is 0 Å². The zero-order valence-corrected chi connectivity index (χ0v) is 10.7. The molecule has 0 saturated carbocycles. The molecule has 108 valence electrons. The Morgan fingerprint density at radius 3 is 2.58 bits per heavy atom. The van der Waals surface area contributed by atoms with Gasteiger partial charge in [0.25, 0.3) is 0 Å². The Hall–Kier alpha value is -1.67. The van der Waals surface area contributed by atoms with E-state index < -0.39 is 30.6 Å². The van der Waals surface area contributed by atoms with Crippen LogP contribution >= 0.6 is 0 Å². The van der Waals surface area contributed by atoms with Crippen molar-refractivity contribution in [1.29, 1.82) is 0 Å². The molecule has 3 unspecified atom stereocenters. The van der Waals surface area contributed by atoms with Gasteiger partial charge in [0.2, 0.25) is 11.8 Å². The summed E-state index contributed by atoms with van der Waals surface area (Å²) in [5.74, 6) is -2.28. The third-order valence-electron chi connectivity index (χ3n) is 2.85. The van der Waals surface area contributed by atoms with Crippen LogP contribution in [-0.4, -0.2) is 59.3 Å². The minimum atomic E-state index is -1.19. The van der Waals surface area contributed by atoms with Crippen LogP contribution in [0.1, 0.15) is 19.8 Å². The maximum Gasteiger partial charge on any atom is 0.322 e. The first-order chi connectivity index (χ1) is 8.91. The highest BCUT2D eigenvalue weighted by atomic mass is 16.4. The predicted octanol–water partition coefficient (Wildman–Crippen LogP) is -2.20. The lowest BCUT2D eigenvalue weighted by Crippen LogP contribution is -2.56. The summed E-state index contributed by atoms with van der Waals surface area (Å²) in [6, 6.07) is -1.53. The summed E-state index contributed by atoms with van der Waals surface area (Å²) in [7, 11) is 0. The second-order valence-corrected chi connectivity index (χ2v) is 4.49. The summed E-state index contributed by atoms with van der Waals surface area (Å²) < 4.78 is 0. The van der Waals surface area contributed by atoms with E-state index in [-0.39, 0.29) is 11.9 Å². The molecule has 0 bridgehead atoms. The van der Waals surface area contributed by atoms with E-state index in [0.29, 0.717) is 6.42 Å². The number of nitrogens with one attached hydrogen (secondary N) is 3. The summed E-state index contributed by atoms with van der Waals surface area (Å²) in [4.78, 5) is 33.8. The molecule has 8 nitrogen and oxygen atoms in total. The van der Waals surface area contributed by atoms with E-state index in [1.807, 2.05) is 0 Å². The summed E-state index contributed by atoms with van der Waals surface area (Å²) >= 11 is 0. The largest absolute Gasteiger partial charge is 0.480 e. The van der Waals surface area contributed by atoms with Gasteiger partial charge in [-0.3, -0.25) is 14.4 Å². The third kappa shape index (κ3) is 4.84. The van der Waals surface area contributed by atoms with E-state index in [9.17, 15) is 19.5 Å². The van der Waals surface area contributed by atoms with Gasteiger partial charge in [-0.1, -0.05) is 0 Å². The molecule has 0 aromatic carbocycles. The molecule has 0 aromatic heterocycles. The molecule has 8 heteroatoms. The highest BCUT2D eigenvalue weighted by molar-refractivity contribution is 5.91. The average molecular weight is 273 g/mol. The molecule has 2 amide bonds. The number of amides is 2. The lowest BCUT2D eigenvalue weighted by Gasteiger charge is -2.22. The number of aliphatic carboxylic acids is 1. The van der Waals surface area contributed by atoms with Crippen LogP contribution in [0, 0.1) is 0 Å². The lowest BCUT2D eigenvalue weighted by molar-refractivity contribution is -0.139. The SMILES string of the molecule is CC(O)C(NC(=O)C1CCCN1)C(=O)NCC(=O)O. The summed E-state index contributed by atoms with van der Waals surface area (Å²) in [5, 5.41) is 25.5. The van der Waals surface area contributed by atoms with Crippen molar-refractivity contribution in [1.82, 2.24) is 16.0 Å². The minimum absolute atomic E-state index is 0.367. The van der Waals surface area contributed by atoms with Gasteiger partial charge in [-0.2, -0.15) is 0 Å². The molecule has 1 rings (SSSR count). The number of aliphatic hydroxyl groups is 1. The first kappa shape index (κ1) is 15.4. The second kappa shape index (κ2) is 7.05. The molecule has 1 fully saturated rings. The molecule has 0 aliphatic carbocycles. The zero-order valence-electron chi connectivity index (χ0n) is 10.7. The first-order valence-corrected chi connectivity index (χ1v) is 6.13. The fourth-order valence-electron chi connectivity index (χ4n) is 1.84. The standard InChI is InChI=1S/C11H19N3O5/c1-6(15)9(11(19)13-5-8(16)17)14-10(18)7-3-2-4-12-7/h6-7,9,12,15H,2-5H2,1H3,(H,13,19)(H,14,18)(H,16,17). The predicted molar refractivity (Wildman–Crippen MR) is 65.3 cm³/mol. The number of hydrogen-bond acceptors (Lipinski definition) is 5. The van der Waals surface area contributed by atoms with E-state index in [4.69, 9.17) is 5.11 Å². The van der Waals surface area contributed by atoms with E-state index in [1.54, 1.807) is 0 Å². The van der Waals surface area contributed by atoms with Gasteiger partial charge in [0, 0.05) is 0 Å². The number of carboxylic acid groups (broad SMARTS) is 1. The Labute approximate surface area is 110 Å². The van der Waals surface area contributed by atoms with Crippen molar-refractivity contribution >= 4 is 17.8 Å². The van der Waals surface area contributed by atoms with E-state index in [2.05, 4.69) is 16.0 Å². The van der Waals surface area contributed by atoms with Crippen molar-refractivity contribution < 1.29 is 24.6 Å². The van der Waals surface area contributed by atoms with Crippen LogP contribution in [0.2, 0.25) is 0 Å². The maximum atomic E-state index is 11.8. The number of aliphatic hydroxyl groups excluding tert-OH is 1. The van der Waals surface area contributed by atoms with Crippen LogP contribution in [0.4, 0.5) is 0 Å². The minimum Gasteiger partial charge on any atom is -0.480 e. The van der Waals surface area contributed by atoms with Crippen molar-refractivity contribution in [3.05, 3.63) is 0 Å². The number of carboxylic acids is 1.